The second-order valence-electron chi connectivity index (χ2n) is 6.89. The summed E-state index contributed by atoms with van der Waals surface area (Å²) >= 11 is 0. The number of aromatic nitrogens is 1. The van der Waals surface area contributed by atoms with Crippen molar-refractivity contribution in [2.24, 2.45) is 0 Å². The molecule has 3 aromatic rings. The lowest BCUT2D eigenvalue weighted by molar-refractivity contribution is 0.102. The van der Waals surface area contributed by atoms with Gasteiger partial charge in [-0.25, -0.2) is 18.1 Å². The molecule has 0 saturated heterocycles. The van der Waals surface area contributed by atoms with Gasteiger partial charge in [0.05, 0.1) is 7.11 Å². The molecule has 0 bridgehead atoms. The van der Waals surface area contributed by atoms with E-state index in [4.69, 9.17) is 4.74 Å². The molecule has 0 radical (unpaired) electrons. The first-order valence-electron chi connectivity index (χ1n) is 9.33. The average molecular weight is 426 g/mol. The molecule has 2 N–H and O–H groups in total. The number of amides is 1. The minimum atomic E-state index is -3.84. The molecule has 0 aliphatic rings. The first-order valence-corrected chi connectivity index (χ1v) is 10.8. The van der Waals surface area contributed by atoms with Crippen LogP contribution in [0.15, 0.2) is 71.8 Å². The van der Waals surface area contributed by atoms with Crippen molar-refractivity contribution in [3.05, 3.63) is 72.4 Å². The molecule has 156 valence electrons. The van der Waals surface area contributed by atoms with Gasteiger partial charge in [0.15, 0.2) is 0 Å². The number of ether oxygens (including phenoxy) is 1. The Morgan fingerprint density at radius 1 is 1.00 bits per heavy atom. The summed E-state index contributed by atoms with van der Waals surface area (Å²) in [5, 5.41) is 2.69. The number of anilines is 1. The van der Waals surface area contributed by atoms with Gasteiger partial charge in [0.1, 0.15) is 16.5 Å². The summed E-state index contributed by atoms with van der Waals surface area (Å²) in [4.78, 5) is 16.8. The predicted octanol–water partition coefficient (Wildman–Crippen LogP) is 3.70. The molecule has 0 unspecified atom stereocenters. The molecule has 0 aliphatic heterocycles. The van der Waals surface area contributed by atoms with Crippen LogP contribution in [0.1, 0.15) is 24.2 Å². The summed E-state index contributed by atoms with van der Waals surface area (Å²) in [6, 6.07) is 17.3. The highest BCUT2D eigenvalue weighted by Crippen LogP contribution is 2.26. The van der Waals surface area contributed by atoms with Gasteiger partial charge >= 0.3 is 0 Å². The van der Waals surface area contributed by atoms with E-state index in [-0.39, 0.29) is 22.3 Å². The van der Waals surface area contributed by atoms with Crippen LogP contribution >= 0.6 is 0 Å². The molecule has 30 heavy (non-hydrogen) atoms. The number of carbonyl (C=O) groups excluding carboxylic acids is 1. The van der Waals surface area contributed by atoms with E-state index in [9.17, 15) is 13.2 Å². The number of nitrogens with one attached hydrogen (secondary N) is 2. The van der Waals surface area contributed by atoms with Gasteiger partial charge in [0, 0.05) is 23.4 Å². The van der Waals surface area contributed by atoms with Crippen molar-refractivity contribution in [1.29, 1.82) is 0 Å². The maximum Gasteiger partial charge on any atom is 0.256 e. The van der Waals surface area contributed by atoms with Crippen molar-refractivity contribution in [3.8, 4) is 16.9 Å². The fourth-order valence-electron chi connectivity index (χ4n) is 2.86. The topological polar surface area (TPSA) is 97.4 Å². The molecule has 8 heteroatoms. The van der Waals surface area contributed by atoms with Crippen molar-refractivity contribution in [2.75, 3.05) is 12.4 Å². The Hall–Kier alpha value is -3.23. The van der Waals surface area contributed by atoms with E-state index in [1.165, 1.54) is 25.3 Å². The number of sulfonamides is 1. The molecule has 3 rings (SSSR count). The summed E-state index contributed by atoms with van der Waals surface area (Å²) < 4.78 is 32.8. The SMILES string of the molecule is COc1ccc(C(=O)Nc2ccc(-c3ccccc3)cn2)cc1S(=O)(=O)NC(C)C. The monoisotopic (exact) mass is 425 g/mol. The van der Waals surface area contributed by atoms with Crippen molar-refractivity contribution in [1.82, 2.24) is 9.71 Å². The van der Waals surface area contributed by atoms with Crippen LogP contribution in [0.2, 0.25) is 0 Å². The van der Waals surface area contributed by atoms with Crippen molar-refractivity contribution < 1.29 is 17.9 Å². The summed E-state index contributed by atoms with van der Waals surface area (Å²) in [7, 11) is -2.46. The second-order valence-corrected chi connectivity index (χ2v) is 8.58. The largest absolute Gasteiger partial charge is 0.495 e. The fraction of sp³-hybridized carbons (Fsp3) is 0.182. The standard InChI is InChI=1S/C22H23N3O4S/c1-15(2)25-30(27,28)20-13-17(9-11-19(20)29-3)22(26)24-21-12-10-18(14-23-21)16-7-5-4-6-8-16/h4-15,25H,1-3H3,(H,23,24,26). The summed E-state index contributed by atoms with van der Waals surface area (Å²) in [5.41, 5.74) is 2.12. The van der Waals surface area contributed by atoms with E-state index < -0.39 is 15.9 Å². The first-order chi connectivity index (χ1) is 14.3. The third kappa shape index (κ3) is 5.03. The molecular formula is C22H23N3O4S. The Morgan fingerprint density at radius 3 is 2.33 bits per heavy atom. The Balaban J connectivity index is 1.82. The average Bonchev–Trinajstić information content (AvgIpc) is 2.73. The molecule has 1 amide bonds. The number of nitrogens with zero attached hydrogens (tertiary/aromatic N) is 1. The number of hydrogen-bond acceptors (Lipinski definition) is 5. The number of rotatable bonds is 7. The van der Waals surface area contributed by atoms with Crippen LogP contribution < -0.4 is 14.8 Å². The van der Waals surface area contributed by atoms with Crippen molar-refractivity contribution >= 4 is 21.7 Å². The van der Waals surface area contributed by atoms with E-state index in [0.29, 0.717) is 5.82 Å². The molecule has 0 spiro atoms. The van der Waals surface area contributed by atoms with Gasteiger partial charge < -0.3 is 10.1 Å². The normalized spacial score (nSPS) is 11.3. The lowest BCUT2D eigenvalue weighted by Crippen LogP contribution is -2.30. The van der Waals surface area contributed by atoms with Crippen LogP contribution in [0.25, 0.3) is 11.1 Å². The number of pyridine rings is 1. The lowest BCUT2D eigenvalue weighted by Gasteiger charge is -2.14. The highest BCUT2D eigenvalue weighted by atomic mass is 32.2. The highest BCUT2D eigenvalue weighted by molar-refractivity contribution is 7.89. The van der Waals surface area contributed by atoms with Crippen molar-refractivity contribution in [3.63, 3.8) is 0 Å². The zero-order chi connectivity index (χ0) is 21.7. The molecule has 0 aliphatic carbocycles. The molecule has 1 aromatic heterocycles. The molecule has 7 nitrogen and oxygen atoms in total. The Kier molecular flexibility index (Phi) is 6.49. The van der Waals surface area contributed by atoms with Crippen LogP contribution in [0, 0.1) is 0 Å². The van der Waals surface area contributed by atoms with Gasteiger partial charge in [0.25, 0.3) is 5.91 Å². The zero-order valence-corrected chi connectivity index (χ0v) is 17.7. The third-order valence-corrected chi connectivity index (χ3v) is 5.90. The zero-order valence-electron chi connectivity index (χ0n) is 16.9. The minimum absolute atomic E-state index is 0.0984. The maximum atomic E-state index is 12.7. The highest BCUT2D eigenvalue weighted by Gasteiger charge is 2.22. The van der Waals surface area contributed by atoms with E-state index in [2.05, 4.69) is 15.0 Å². The van der Waals surface area contributed by atoms with Crippen LogP contribution in [-0.2, 0) is 10.0 Å². The Morgan fingerprint density at radius 2 is 1.73 bits per heavy atom. The van der Waals surface area contributed by atoms with Gasteiger partial charge in [-0.1, -0.05) is 30.3 Å². The van der Waals surface area contributed by atoms with Gasteiger partial charge in [-0.05, 0) is 49.7 Å². The molecule has 2 aromatic carbocycles. The molecule has 0 fully saturated rings. The smallest absolute Gasteiger partial charge is 0.256 e. The van der Waals surface area contributed by atoms with Gasteiger partial charge in [0.2, 0.25) is 10.0 Å². The molecule has 0 saturated carbocycles. The molecule has 1 heterocycles. The predicted molar refractivity (Wildman–Crippen MR) is 116 cm³/mol. The first kappa shape index (κ1) is 21.5. The van der Waals surface area contributed by atoms with Gasteiger partial charge in [-0.3, -0.25) is 4.79 Å². The quantitative estimate of drug-likeness (QED) is 0.602. The third-order valence-electron chi connectivity index (χ3n) is 4.22. The number of benzene rings is 2. The second kappa shape index (κ2) is 9.06. The van der Waals surface area contributed by atoms with Crippen LogP contribution in [-0.4, -0.2) is 32.5 Å². The number of methoxy groups -OCH3 is 1. The number of carbonyl (C=O) groups is 1. The van der Waals surface area contributed by atoms with Crippen LogP contribution in [0.4, 0.5) is 5.82 Å². The fourth-order valence-corrected chi connectivity index (χ4v) is 4.31. The van der Waals surface area contributed by atoms with E-state index in [1.54, 1.807) is 26.1 Å². The van der Waals surface area contributed by atoms with Crippen LogP contribution in [0.3, 0.4) is 0 Å². The van der Waals surface area contributed by atoms with Crippen molar-refractivity contribution in [2.45, 2.75) is 24.8 Å². The minimum Gasteiger partial charge on any atom is -0.495 e. The Bertz CT molecular complexity index is 1130. The van der Waals surface area contributed by atoms with Gasteiger partial charge in [-0.15, -0.1) is 0 Å². The van der Waals surface area contributed by atoms with E-state index >= 15 is 0 Å². The van der Waals surface area contributed by atoms with Crippen LogP contribution in [0.5, 0.6) is 5.75 Å². The summed E-state index contributed by atoms with van der Waals surface area (Å²) in [5.74, 6) is 0.0452. The number of hydrogen-bond donors (Lipinski definition) is 2. The molecular weight excluding hydrogens is 402 g/mol. The lowest BCUT2D eigenvalue weighted by atomic mass is 10.1. The molecule has 0 atom stereocenters. The van der Waals surface area contributed by atoms with E-state index in [1.807, 2.05) is 36.4 Å². The van der Waals surface area contributed by atoms with Gasteiger partial charge in [-0.2, -0.15) is 0 Å². The Labute approximate surface area is 176 Å². The maximum absolute atomic E-state index is 12.7. The summed E-state index contributed by atoms with van der Waals surface area (Å²) in [6.07, 6.45) is 1.67. The summed E-state index contributed by atoms with van der Waals surface area (Å²) in [6.45, 7) is 3.43. The van der Waals surface area contributed by atoms with E-state index in [0.717, 1.165) is 11.1 Å².